The number of amides is 2. The maximum absolute atomic E-state index is 13.9. The van der Waals surface area contributed by atoms with Gasteiger partial charge in [-0.2, -0.15) is 0 Å². The maximum atomic E-state index is 13.9. The van der Waals surface area contributed by atoms with Gasteiger partial charge in [-0.3, -0.25) is 9.59 Å². The fourth-order valence-corrected chi connectivity index (χ4v) is 2.61. The maximum Gasteiger partial charge on any atom is 0.224 e. The van der Waals surface area contributed by atoms with Crippen molar-refractivity contribution in [2.24, 2.45) is 0 Å². The summed E-state index contributed by atoms with van der Waals surface area (Å²) in [6.45, 7) is 3.35. The predicted molar refractivity (Wildman–Crippen MR) is 104 cm³/mol. The molecule has 28 heavy (non-hydrogen) atoms. The van der Waals surface area contributed by atoms with Crippen molar-refractivity contribution in [1.29, 1.82) is 0 Å². The van der Waals surface area contributed by atoms with Gasteiger partial charge >= 0.3 is 0 Å². The van der Waals surface area contributed by atoms with Gasteiger partial charge in [-0.15, -0.1) is 0 Å². The van der Waals surface area contributed by atoms with Gasteiger partial charge in [0, 0.05) is 31.0 Å². The number of carbonyl (C=O) groups excluding carboxylic acids is 2. The minimum absolute atomic E-state index is 0.00370. The molecule has 2 N–H and O–H groups in total. The van der Waals surface area contributed by atoms with Crippen molar-refractivity contribution in [2.75, 3.05) is 10.6 Å². The summed E-state index contributed by atoms with van der Waals surface area (Å²) in [6, 6.07) is 11.8. The highest BCUT2D eigenvalue weighted by Crippen LogP contribution is 2.22. The van der Waals surface area contributed by atoms with Crippen molar-refractivity contribution in [1.82, 2.24) is 4.98 Å². The molecule has 7 heteroatoms. The van der Waals surface area contributed by atoms with E-state index in [2.05, 4.69) is 15.6 Å². The number of hydrogen-bond donors (Lipinski definition) is 2. The molecule has 2 amide bonds. The van der Waals surface area contributed by atoms with Crippen molar-refractivity contribution in [3.05, 3.63) is 65.9 Å². The van der Waals surface area contributed by atoms with Crippen LogP contribution < -0.4 is 10.6 Å². The Morgan fingerprint density at radius 2 is 1.86 bits per heavy atom. The van der Waals surface area contributed by atoms with E-state index < -0.39 is 5.82 Å². The molecule has 1 aromatic heterocycles. The summed E-state index contributed by atoms with van der Waals surface area (Å²) >= 11 is 0. The summed E-state index contributed by atoms with van der Waals surface area (Å²) in [6.07, 6.45) is 1.98. The number of hydrogen-bond acceptors (Lipinski definition) is 4. The van der Waals surface area contributed by atoms with Gasteiger partial charge in [0.05, 0.1) is 11.9 Å². The van der Waals surface area contributed by atoms with E-state index in [9.17, 15) is 14.0 Å². The Morgan fingerprint density at radius 1 is 1.11 bits per heavy atom. The molecule has 0 unspecified atom stereocenters. The fourth-order valence-electron chi connectivity index (χ4n) is 2.61. The smallest absolute Gasteiger partial charge is 0.224 e. The van der Waals surface area contributed by atoms with Crippen molar-refractivity contribution in [3.8, 4) is 11.3 Å². The van der Waals surface area contributed by atoms with Crippen LogP contribution in [-0.4, -0.2) is 16.8 Å². The van der Waals surface area contributed by atoms with Gasteiger partial charge in [0.1, 0.15) is 5.82 Å². The molecular weight excluding hydrogens is 361 g/mol. The van der Waals surface area contributed by atoms with Gasteiger partial charge in [-0.1, -0.05) is 29.8 Å². The number of nitrogens with one attached hydrogen (secondary N) is 2. The van der Waals surface area contributed by atoms with Crippen LogP contribution in [-0.2, 0) is 16.0 Å². The van der Waals surface area contributed by atoms with Crippen LogP contribution in [0.25, 0.3) is 11.3 Å². The van der Waals surface area contributed by atoms with E-state index in [1.54, 1.807) is 6.20 Å². The molecule has 0 aliphatic heterocycles. The average molecular weight is 381 g/mol. The first kappa shape index (κ1) is 19.3. The van der Waals surface area contributed by atoms with Crippen LogP contribution in [0.4, 0.5) is 15.8 Å². The van der Waals surface area contributed by atoms with Crippen molar-refractivity contribution < 1.29 is 18.4 Å². The van der Waals surface area contributed by atoms with Gasteiger partial charge in [-0.25, -0.2) is 9.37 Å². The fraction of sp³-hybridized carbons (Fsp3) is 0.190. The zero-order chi connectivity index (χ0) is 20.1. The van der Waals surface area contributed by atoms with E-state index in [0.29, 0.717) is 17.3 Å². The van der Waals surface area contributed by atoms with Crippen molar-refractivity contribution in [2.45, 2.75) is 26.7 Å². The molecule has 0 saturated heterocycles. The largest absolute Gasteiger partial charge is 0.441 e. The third kappa shape index (κ3) is 5.03. The lowest BCUT2D eigenvalue weighted by Crippen LogP contribution is -2.14. The molecule has 0 aliphatic carbocycles. The third-order valence-electron chi connectivity index (χ3n) is 4.02. The molecule has 1 heterocycles. The van der Waals surface area contributed by atoms with Crippen LogP contribution in [0.5, 0.6) is 0 Å². The Hall–Kier alpha value is -3.48. The molecule has 3 rings (SSSR count). The molecule has 2 aromatic carbocycles. The predicted octanol–water partition coefficient (Wildman–Crippen LogP) is 4.32. The van der Waals surface area contributed by atoms with E-state index in [0.717, 1.165) is 11.1 Å². The molecule has 6 nitrogen and oxygen atoms in total. The number of rotatable bonds is 6. The molecule has 0 spiro atoms. The molecule has 0 atom stereocenters. The highest BCUT2D eigenvalue weighted by molar-refractivity contribution is 5.93. The second-order valence-corrected chi connectivity index (χ2v) is 6.41. The summed E-state index contributed by atoms with van der Waals surface area (Å²) < 4.78 is 19.6. The molecule has 0 aliphatic rings. The van der Waals surface area contributed by atoms with Crippen LogP contribution in [0, 0.1) is 12.7 Å². The molecule has 0 saturated carbocycles. The van der Waals surface area contributed by atoms with Crippen molar-refractivity contribution in [3.63, 3.8) is 0 Å². The Labute approximate surface area is 161 Å². The first-order valence-electron chi connectivity index (χ1n) is 8.79. The van der Waals surface area contributed by atoms with Gasteiger partial charge in [0.25, 0.3) is 0 Å². The van der Waals surface area contributed by atoms with Gasteiger partial charge in [0.15, 0.2) is 11.7 Å². The lowest BCUT2D eigenvalue weighted by atomic mass is 10.1. The topological polar surface area (TPSA) is 84.2 Å². The first-order chi connectivity index (χ1) is 13.4. The molecular formula is C21H20FN3O3. The van der Waals surface area contributed by atoms with Crippen LogP contribution in [0.3, 0.4) is 0 Å². The third-order valence-corrected chi connectivity index (χ3v) is 4.02. The number of benzene rings is 2. The minimum atomic E-state index is -0.583. The summed E-state index contributed by atoms with van der Waals surface area (Å²) in [5, 5.41) is 5.05. The Morgan fingerprint density at radius 3 is 2.57 bits per heavy atom. The van der Waals surface area contributed by atoms with E-state index in [1.165, 1.54) is 25.1 Å². The Bertz CT molecular complexity index is 996. The molecule has 3 aromatic rings. The SMILES string of the molecule is CC(=O)Nc1ccc(F)c(NC(=O)CCc2ncc(-c3ccc(C)cc3)o2)c1. The number of anilines is 2. The van der Waals surface area contributed by atoms with Gasteiger partial charge in [-0.05, 0) is 25.1 Å². The van der Waals surface area contributed by atoms with E-state index in [-0.39, 0.29) is 30.3 Å². The standard InChI is InChI=1S/C21H20FN3O3/c1-13-3-5-15(6-4-13)19-12-23-21(28-19)10-9-20(27)25-18-11-16(24-14(2)26)7-8-17(18)22/h3-8,11-12H,9-10H2,1-2H3,(H,24,26)(H,25,27). The minimum Gasteiger partial charge on any atom is -0.441 e. The first-order valence-corrected chi connectivity index (χ1v) is 8.79. The molecule has 144 valence electrons. The molecule has 0 radical (unpaired) electrons. The highest BCUT2D eigenvalue weighted by atomic mass is 19.1. The monoisotopic (exact) mass is 381 g/mol. The van der Waals surface area contributed by atoms with Crippen LogP contribution in [0.2, 0.25) is 0 Å². The van der Waals surface area contributed by atoms with E-state index >= 15 is 0 Å². The van der Waals surface area contributed by atoms with Crippen molar-refractivity contribution >= 4 is 23.2 Å². The molecule has 0 bridgehead atoms. The summed E-state index contributed by atoms with van der Waals surface area (Å²) in [5.41, 5.74) is 2.46. The summed E-state index contributed by atoms with van der Waals surface area (Å²) in [4.78, 5) is 27.4. The second kappa shape index (κ2) is 8.47. The number of oxazole rings is 1. The summed E-state index contributed by atoms with van der Waals surface area (Å²) in [5.74, 6) is -0.186. The van der Waals surface area contributed by atoms with E-state index in [1.807, 2.05) is 31.2 Å². The highest BCUT2D eigenvalue weighted by Gasteiger charge is 2.12. The number of nitrogens with zero attached hydrogens (tertiary/aromatic N) is 1. The average Bonchev–Trinajstić information content (AvgIpc) is 3.12. The van der Waals surface area contributed by atoms with Gasteiger partial charge < -0.3 is 15.1 Å². The zero-order valence-electron chi connectivity index (χ0n) is 15.6. The summed E-state index contributed by atoms with van der Waals surface area (Å²) in [7, 11) is 0. The van der Waals surface area contributed by atoms with E-state index in [4.69, 9.17) is 4.42 Å². The lowest BCUT2D eigenvalue weighted by Gasteiger charge is -2.08. The number of halogens is 1. The lowest BCUT2D eigenvalue weighted by molar-refractivity contribution is -0.116. The number of aromatic nitrogens is 1. The normalized spacial score (nSPS) is 10.5. The van der Waals surface area contributed by atoms with Crippen LogP contribution >= 0.6 is 0 Å². The molecule has 0 fully saturated rings. The number of aryl methyl sites for hydroxylation is 2. The zero-order valence-corrected chi connectivity index (χ0v) is 15.6. The second-order valence-electron chi connectivity index (χ2n) is 6.41. The Balaban J connectivity index is 1.59. The van der Waals surface area contributed by atoms with Crippen LogP contribution in [0.1, 0.15) is 24.8 Å². The quantitative estimate of drug-likeness (QED) is 0.666. The van der Waals surface area contributed by atoms with Crippen LogP contribution in [0.15, 0.2) is 53.1 Å². The Kier molecular flexibility index (Phi) is 5.84. The van der Waals surface area contributed by atoms with Gasteiger partial charge in [0.2, 0.25) is 11.8 Å². The number of carbonyl (C=O) groups is 2.